The van der Waals surface area contributed by atoms with Crippen molar-refractivity contribution in [2.24, 2.45) is 0 Å². The average Bonchev–Trinajstić information content (AvgIpc) is 2.60. The van der Waals surface area contributed by atoms with Crippen molar-refractivity contribution in [1.29, 1.82) is 0 Å². The third-order valence-corrected chi connectivity index (χ3v) is 2.99. The summed E-state index contributed by atoms with van der Waals surface area (Å²) >= 11 is 0. The van der Waals surface area contributed by atoms with Crippen LogP contribution < -0.4 is 5.32 Å². The lowest BCUT2D eigenvalue weighted by molar-refractivity contribution is -0.137. The van der Waals surface area contributed by atoms with E-state index in [1.54, 1.807) is 0 Å². The Labute approximate surface area is 92.7 Å². The quantitative estimate of drug-likeness (QED) is 0.807. The minimum Gasteiger partial charge on any atom is -0.384 e. The molecule has 1 aromatic rings. The van der Waals surface area contributed by atoms with Crippen molar-refractivity contribution < 1.29 is 13.2 Å². The molecule has 4 heteroatoms. The van der Waals surface area contributed by atoms with Crippen LogP contribution in [0.2, 0.25) is 0 Å². The molecule has 1 unspecified atom stereocenters. The highest BCUT2D eigenvalue weighted by molar-refractivity contribution is 5.59. The van der Waals surface area contributed by atoms with E-state index < -0.39 is 11.7 Å². The first-order chi connectivity index (χ1) is 7.52. The molecule has 0 saturated heterocycles. The maximum absolute atomic E-state index is 12.5. The number of hydrogen-bond acceptors (Lipinski definition) is 1. The molecule has 0 radical (unpaired) electrons. The number of alkyl halides is 3. The standard InChI is InChI=1S/C12H14F3N/c1-2-3-8-7-16-11-5-4-9(6-10(8)11)12(13,14)15/h4-6,8,16H,2-3,7H2,1H3. The van der Waals surface area contributed by atoms with Gasteiger partial charge in [-0.25, -0.2) is 0 Å². The summed E-state index contributed by atoms with van der Waals surface area (Å²) in [6.07, 6.45) is -2.32. The Morgan fingerprint density at radius 3 is 2.75 bits per heavy atom. The van der Waals surface area contributed by atoms with E-state index in [1.807, 2.05) is 6.92 Å². The summed E-state index contributed by atoms with van der Waals surface area (Å²) in [5.41, 5.74) is 1.12. The zero-order valence-corrected chi connectivity index (χ0v) is 9.06. The van der Waals surface area contributed by atoms with E-state index >= 15 is 0 Å². The van der Waals surface area contributed by atoms with Gasteiger partial charge in [0.1, 0.15) is 0 Å². The SMILES string of the molecule is CCCC1CNc2ccc(C(F)(F)F)cc21. The second kappa shape index (κ2) is 4.00. The van der Waals surface area contributed by atoms with E-state index in [0.29, 0.717) is 0 Å². The highest BCUT2D eigenvalue weighted by Crippen LogP contribution is 2.38. The molecular weight excluding hydrogens is 215 g/mol. The molecule has 0 aliphatic carbocycles. The number of fused-ring (bicyclic) bond motifs is 1. The first-order valence-electron chi connectivity index (χ1n) is 5.47. The van der Waals surface area contributed by atoms with Crippen LogP contribution in [-0.4, -0.2) is 6.54 Å². The smallest absolute Gasteiger partial charge is 0.384 e. The monoisotopic (exact) mass is 229 g/mol. The van der Waals surface area contributed by atoms with Gasteiger partial charge < -0.3 is 5.32 Å². The van der Waals surface area contributed by atoms with Gasteiger partial charge in [0.15, 0.2) is 0 Å². The predicted octanol–water partition coefficient (Wildman–Crippen LogP) is 4.01. The van der Waals surface area contributed by atoms with Crippen LogP contribution in [-0.2, 0) is 6.18 Å². The van der Waals surface area contributed by atoms with E-state index in [1.165, 1.54) is 12.1 Å². The van der Waals surface area contributed by atoms with Crippen molar-refractivity contribution >= 4 is 5.69 Å². The largest absolute Gasteiger partial charge is 0.416 e. The third kappa shape index (κ3) is 2.01. The molecule has 1 nitrogen and oxygen atoms in total. The first kappa shape index (κ1) is 11.3. The summed E-state index contributed by atoms with van der Waals surface area (Å²) in [6, 6.07) is 3.96. The van der Waals surface area contributed by atoms with Gasteiger partial charge in [0, 0.05) is 18.2 Å². The molecule has 0 amide bonds. The van der Waals surface area contributed by atoms with E-state index in [4.69, 9.17) is 0 Å². The second-order valence-corrected chi connectivity index (χ2v) is 4.17. The molecule has 1 aliphatic rings. The van der Waals surface area contributed by atoms with E-state index in [0.717, 1.165) is 36.7 Å². The number of halogens is 3. The molecule has 0 fully saturated rings. The van der Waals surface area contributed by atoms with Crippen molar-refractivity contribution in [3.8, 4) is 0 Å². The minimum atomic E-state index is -4.24. The van der Waals surface area contributed by atoms with Crippen LogP contribution in [0.25, 0.3) is 0 Å². The van der Waals surface area contributed by atoms with E-state index in [9.17, 15) is 13.2 Å². The van der Waals surface area contributed by atoms with Crippen molar-refractivity contribution in [3.05, 3.63) is 29.3 Å². The molecule has 0 aromatic heterocycles. The van der Waals surface area contributed by atoms with Crippen LogP contribution in [0.1, 0.15) is 36.8 Å². The zero-order chi connectivity index (χ0) is 11.8. The zero-order valence-electron chi connectivity index (χ0n) is 9.06. The summed E-state index contributed by atoms with van der Waals surface area (Å²) < 4.78 is 37.6. The number of anilines is 1. The summed E-state index contributed by atoms with van der Waals surface area (Å²) in [6.45, 7) is 2.80. The van der Waals surface area contributed by atoms with Gasteiger partial charge in [-0.2, -0.15) is 13.2 Å². The van der Waals surface area contributed by atoms with Gasteiger partial charge in [-0.1, -0.05) is 13.3 Å². The normalized spacial score (nSPS) is 19.4. The molecular formula is C12H14F3N. The fraction of sp³-hybridized carbons (Fsp3) is 0.500. The van der Waals surface area contributed by atoms with Gasteiger partial charge in [-0.15, -0.1) is 0 Å². The topological polar surface area (TPSA) is 12.0 Å². The minimum absolute atomic E-state index is 0.224. The number of rotatable bonds is 2. The summed E-state index contributed by atoms with van der Waals surface area (Å²) in [4.78, 5) is 0. The molecule has 16 heavy (non-hydrogen) atoms. The average molecular weight is 229 g/mol. The maximum atomic E-state index is 12.5. The maximum Gasteiger partial charge on any atom is 0.416 e. The summed E-state index contributed by atoms with van der Waals surface area (Å²) in [5.74, 6) is 0.224. The lowest BCUT2D eigenvalue weighted by Gasteiger charge is -2.11. The van der Waals surface area contributed by atoms with E-state index in [2.05, 4.69) is 5.32 Å². The molecule has 1 N–H and O–H groups in total. The fourth-order valence-corrected chi connectivity index (χ4v) is 2.19. The second-order valence-electron chi connectivity index (χ2n) is 4.17. The van der Waals surface area contributed by atoms with Gasteiger partial charge >= 0.3 is 6.18 Å². The number of hydrogen-bond donors (Lipinski definition) is 1. The molecule has 0 saturated carbocycles. The lowest BCUT2D eigenvalue weighted by atomic mass is 9.95. The third-order valence-electron chi connectivity index (χ3n) is 2.99. The number of benzene rings is 1. The Kier molecular flexibility index (Phi) is 2.82. The van der Waals surface area contributed by atoms with Crippen molar-refractivity contribution in [2.75, 3.05) is 11.9 Å². The predicted molar refractivity (Wildman–Crippen MR) is 57.6 cm³/mol. The van der Waals surface area contributed by atoms with Gasteiger partial charge in [-0.3, -0.25) is 0 Å². The van der Waals surface area contributed by atoms with Crippen molar-refractivity contribution in [2.45, 2.75) is 31.9 Å². The first-order valence-corrected chi connectivity index (χ1v) is 5.47. The van der Waals surface area contributed by atoms with Crippen LogP contribution in [0.3, 0.4) is 0 Å². The van der Waals surface area contributed by atoms with Gasteiger partial charge in [0.25, 0.3) is 0 Å². The Morgan fingerprint density at radius 1 is 1.38 bits per heavy atom. The molecule has 2 rings (SSSR count). The summed E-state index contributed by atoms with van der Waals surface area (Å²) in [7, 11) is 0. The van der Waals surface area contributed by atoms with Crippen LogP contribution in [0, 0.1) is 0 Å². The molecule has 1 aromatic carbocycles. The Balaban J connectivity index is 2.34. The molecule has 1 heterocycles. The van der Waals surface area contributed by atoms with E-state index in [-0.39, 0.29) is 5.92 Å². The Bertz CT molecular complexity index is 382. The summed E-state index contributed by atoms with van der Waals surface area (Å²) in [5, 5.41) is 3.15. The van der Waals surface area contributed by atoms with Gasteiger partial charge in [0.05, 0.1) is 5.56 Å². The Morgan fingerprint density at radius 2 is 2.12 bits per heavy atom. The van der Waals surface area contributed by atoms with Crippen LogP contribution in [0.4, 0.5) is 18.9 Å². The molecule has 88 valence electrons. The van der Waals surface area contributed by atoms with Gasteiger partial charge in [0.2, 0.25) is 0 Å². The lowest BCUT2D eigenvalue weighted by Crippen LogP contribution is -2.06. The van der Waals surface area contributed by atoms with Crippen molar-refractivity contribution in [1.82, 2.24) is 0 Å². The highest BCUT2D eigenvalue weighted by atomic mass is 19.4. The molecule has 0 spiro atoms. The van der Waals surface area contributed by atoms with Gasteiger partial charge in [-0.05, 0) is 30.2 Å². The van der Waals surface area contributed by atoms with Crippen LogP contribution >= 0.6 is 0 Å². The Hall–Kier alpha value is -1.19. The van der Waals surface area contributed by atoms with Crippen molar-refractivity contribution in [3.63, 3.8) is 0 Å². The van der Waals surface area contributed by atoms with Crippen LogP contribution in [0.15, 0.2) is 18.2 Å². The highest BCUT2D eigenvalue weighted by Gasteiger charge is 2.32. The number of nitrogens with one attached hydrogen (secondary N) is 1. The molecule has 0 bridgehead atoms. The molecule has 1 aliphatic heterocycles. The van der Waals surface area contributed by atoms with Crippen LogP contribution in [0.5, 0.6) is 0 Å². The fourth-order valence-electron chi connectivity index (χ4n) is 2.19. The molecule has 1 atom stereocenters.